The number of anilines is 1. The van der Waals surface area contributed by atoms with Crippen molar-refractivity contribution in [2.45, 2.75) is 31.9 Å². The molecule has 0 spiro atoms. The first-order chi connectivity index (χ1) is 12.3. The van der Waals surface area contributed by atoms with E-state index >= 15 is 0 Å². The summed E-state index contributed by atoms with van der Waals surface area (Å²) in [5, 5.41) is 0. The highest BCUT2D eigenvalue weighted by Crippen LogP contribution is 2.39. The van der Waals surface area contributed by atoms with Gasteiger partial charge in [0.05, 0.1) is 11.5 Å². The summed E-state index contributed by atoms with van der Waals surface area (Å²) in [6, 6.07) is 0.471. The van der Waals surface area contributed by atoms with Gasteiger partial charge in [-0.15, -0.1) is 0 Å². The van der Waals surface area contributed by atoms with Crippen LogP contribution in [0.5, 0.6) is 0 Å². The van der Waals surface area contributed by atoms with E-state index in [4.69, 9.17) is 0 Å². The van der Waals surface area contributed by atoms with Gasteiger partial charge in [-0.25, -0.2) is 9.37 Å². The van der Waals surface area contributed by atoms with Crippen LogP contribution >= 0.6 is 0 Å². The number of likely N-dealkylation sites (tertiary alicyclic amines) is 1. The van der Waals surface area contributed by atoms with Gasteiger partial charge in [-0.2, -0.15) is 13.2 Å². The number of hydrogen-bond acceptors (Lipinski definition) is 3. The number of carbonyl (C=O) groups excluding carboxylic acids is 1. The number of rotatable bonds is 2. The van der Waals surface area contributed by atoms with Crippen LogP contribution in [0.3, 0.4) is 0 Å². The van der Waals surface area contributed by atoms with Crippen LogP contribution in [-0.4, -0.2) is 42.0 Å². The molecule has 3 heterocycles. The number of carbonyl (C=O) groups is 1. The summed E-state index contributed by atoms with van der Waals surface area (Å²) in [4.78, 5) is 19.9. The first-order valence-electron chi connectivity index (χ1n) is 9.09. The molecule has 3 atom stereocenters. The summed E-state index contributed by atoms with van der Waals surface area (Å²) in [6.45, 7) is 2.35. The number of alkyl halides is 3. The lowest BCUT2D eigenvalue weighted by atomic mass is 10.0. The fourth-order valence-electron chi connectivity index (χ4n) is 4.65. The molecule has 3 fully saturated rings. The number of fused-ring (bicyclic) bond motifs is 1. The first kappa shape index (κ1) is 17.5. The van der Waals surface area contributed by atoms with Gasteiger partial charge in [-0.05, 0) is 37.2 Å². The quantitative estimate of drug-likeness (QED) is 0.749. The standard InChI is InChI=1S/C18H21F4N3O/c19-15-6-14(18(20,21)22)7-23-16(15)24-5-4-13(10-24)17(26)25-8-11-2-1-3-12(11)9-25/h6-7,11-13H,1-5,8-10H2. The zero-order valence-corrected chi connectivity index (χ0v) is 14.3. The Morgan fingerprint density at radius 3 is 2.42 bits per heavy atom. The zero-order chi connectivity index (χ0) is 18.5. The van der Waals surface area contributed by atoms with E-state index in [9.17, 15) is 22.4 Å². The maximum Gasteiger partial charge on any atom is 0.417 e. The lowest BCUT2D eigenvalue weighted by Gasteiger charge is -2.22. The Labute approximate surface area is 149 Å². The number of aromatic nitrogens is 1. The Morgan fingerprint density at radius 2 is 1.81 bits per heavy atom. The van der Waals surface area contributed by atoms with Crippen molar-refractivity contribution < 1.29 is 22.4 Å². The Morgan fingerprint density at radius 1 is 1.12 bits per heavy atom. The van der Waals surface area contributed by atoms with E-state index in [0.717, 1.165) is 13.1 Å². The third kappa shape index (κ3) is 3.14. The molecule has 142 valence electrons. The van der Waals surface area contributed by atoms with Crippen LogP contribution in [0.15, 0.2) is 12.3 Å². The molecule has 4 nitrogen and oxygen atoms in total. The van der Waals surface area contributed by atoms with E-state index in [1.54, 1.807) is 4.90 Å². The molecule has 0 radical (unpaired) electrons. The molecular formula is C18H21F4N3O. The summed E-state index contributed by atoms with van der Waals surface area (Å²) in [5.41, 5.74) is -1.10. The van der Waals surface area contributed by atoms with E-state index in [1.807, 2.05) is 4.90 Å². The fraction of sp³-hybridized carbons (Fsp3) is 0.667. The smallest absolute Gasteiger partial charge is 0.353 e. The van der Waals surface area contributed by atoms with Crippen LogP contribution in [0.1, 0.15) is 31.2 Å². The van der Waals surface area contributed by atoms with Crippen LogP contribution in [0, 0.1) is 23.6 Å². The Balaban J connectivity index is 1.41. The van der Waals surface area contributed by atoms with Gasteiger partial charge in [0, 0.05) is 32.4 Å². The van der Waals surface area contributed by atoms with E-state index < -0.39 is 17.6 Å². The van der Waals surface area contributed by atoms with Crippen molar-refractivity contribution in [1.82, 2.24) is 9.88 Å². The highest BCUT2D eigenvalue weighted by Gasteiger charge is 2.41. The lowest BCUT2D eigenvalue weighted by Crippen LogP contribution is -2.36. The minimum Gasteiger partial charge on any atom is -0.353 e. The second-order valence-corrected chi connectivity index (χ2v) is 7.65. The van der Waals surface area contributed by atoms with E-state index in [2.05, 4.69) is 4.98 Å². The molecule has 0 N–H and O–H groups in total. The predicted octanol–water partition coefficient (Wildman–Crippen LogP) is 3.32. The highest BCUT2D eigenvalue weighted by molar-refractivity contribution is 5.80. The van der Waals surface area contributed by atoms with Crippen molar-refractivity contribution in [2.24, 2.45) is 17.8 Å². The first-order valence-corrected chi connectivity index (χ1v) is 9.09. The Bertz CT molecular complexity index is 696. The number of hydrogen-bond donors (Lipinski definition) is 0. The zero-order valence-electron chi connectivity index (χ0n) is 14.3. The molecule has 1 aliphatic carbocycles. The van der Waals surface area contributed by atoms with Crippen LogP contribution in [0.4, 0.5) is 23.4 Å². The van der Waals surface area contributed by atoms with Gasteiger partial charge in [-0.1, -0.05) is 6.42 Å². The maximum absolute atomic E-state index is 14.1. The van der Waals surface area contributed by atoms with Gasteiger partial charge in [0.25, 0.3) is 0 Å². The average Bonchev–Trinajstić information content (AvgIpc) is 3.28. The van der Waals surface area contributed by atoms with Crippen LogP contribution in [0.2, 0.25) is 0 Å². The molecule has 26 heavy (non-hydrogen) atoms. The van der Waals surface area contributed by atoms with Crippen LogP contribution < -0.4 is 4.90 Å². The summed E-state index contributed by atoms with van der Waals surface area (Å²) in [7, 11) is 0. The van der Waals surface area contributed by atoms with Crippen molar-refractivity contribution >= 4 is 11.7 Å². The normalized spacial score (nSPS) is 28.7. The Kier molecular flexibility index (Phi) is 4.31. The van der Waals surface area contributed by atoms with Crippen LogP contribution in [0.25, 0.3) is 0 Å². The minimum atomic E-state index is -4.62. The molecule has 1 aromatic rings. The highest BCUT2D eigenvalue weighted by atomic mass is 19.4. The third-order valence-corrected chi connectivity index (χ3v) is 6.02. The van der Waals surface area contributed by atoms with Gasteiger partial charge in [0.2, 0.25) is 5.91 Å². The van der Waals surface area contributed by atoms with Crippen molar-refractivity contribution in [3.8, 4) is 0 Å². The summed E-state index contributed by atoms with van der Waals surface area (Å²) in [6.07, 6.45) is 0.219. The molecule has 8 heteroatoms. The third-order valence-electron chi connectivity index (χ3n) is 6.02. The van der Waals surface area contributed by atoms with Gasteiger partial charge in [0.15, 0.2) is 11.6 Å². The van der Waals surface area contributed by atoms with Gasteiger partial charge in [-0.3, -0.25) is 4.79 Å². The fourth-order valence-corrected chi connectivity index (χ4v) is 4.65. The molecule has 2 saturated heterocycles. The number of nitrogens with zero attached hydrogens (tertiary/aromatic N) is 3. The Hall–Kier alpha value is -1.86. The molecular weight excluding hydrogens is 350 g/mol. The summed E-state index contributed by atoms with van der Waals surface area (Å²) in [5.74, 6) is -0.0160. The molecule has 3 unspecified atom stereocenters. The SMILES string of the molecule is O=C(C1CCN(c2ncc(C(F)(F)F)cc2F)C1)N1CC2CCCC2C1. The second kappa shape index (κ2) is 6.39. The largest absolute Gasteiger partial charge is 0.417 e. The monoisotopic (exact) mass is 371 g/mol. The number of pyridine rings is 1. The molecule has 0 aromatic carbocycles. The second-order valence-electron chi connectivity index (χ2n) is 7.65. The molecule has 1 saturated carbocycles. The molecule has 3 aliphatic rings. The molecule has 2 aliphatic heterocycles. The van der Waals surface area contributed by atoms with E-state index in [-0.39, 0.29) is 17.6 Å². The van der Waals surface area contributed by atoms with E-state index in [1.165, 1.54) is 19.3 Å². The molecule has 0 bridgehead atoms. The van der Waals surface area contributed by atoms with Crippen molar-refractivity contribution in [3.05, 3.63) is 23.6 Å². The maximum atomic E-state index is 14.1. The van der Waals surface area contributed by atoms with Gasteiger partial charge >= 0.3 is 6.18 Å². The lowest BCUT2D eigenvalue weighted by molar-refractivity contribution is -0.138. The van der Waals surface area contributed by atoms with Gasteiger partial charge < -0.3 is 9.80 Å². The molecule has 1 amide bonds. The predicted molar refractivity (Wildman–Crippen MR) is 86.9 cm³/mol. The number of halogens is 4. The topological polar surface area (TPSA) is 36.4 Å². The summed E-state index contributed by atoms with van der Waals surface area (Å²) >= 11 is 0. The van der Waals surface area contributed by atoms with E-state index in [0.29, 0.717) is 43.6 Å². The summed E-state index contributed by atoms with van der Waals surface area (Å²) < 4.78 is 52.1. The average molecular weight is 371 g/mol. The van der Waals surface area contributed by atoms with Gasteiger partial charge in [0.1, 0.15) is 0 Å². The van der Waals surface area contributed by atoms with Crippen molar-refractivity contribution in [3.63, 3.8) is 0 Å². The minimum absolute atomic E-state index is 0.0919. The number of amides is 1. The van der Waals surface area contributed by atoms with Crippen molar-refractivity contribution in [1.29, 1.82) is 0 Å². The molecule has 1 aromatic heterocycles. The van der Waals surface area contributed by atoms with Crippen molar-refractivity contribution in [2.75, 3.05) is 31.1 Å². The molecule has 4 rings (SSSR count). The van der Waals surface area contributed by atoms with Crippen LogP contribution in [-0.2, 0) is 11.0 Å².